The highest BCUT2D eigenvalue weighted by molar-refractivity contribution is 7.17. The van der Waals surface area contributed by atoms with Gasteiger partial charge in [-0.15, -0.1) is 0 Å². The first-order valence-corrected chi connectivity index (χ1v) is 7.22. The van der Waals surface area contributed by atoms with Gasteiger partial charge < -0.3 is 16.0 Å². The molecule has 1 spiro atoms. The van der Waals surface area contributed by atoms with Crippen LogP contribution >= 0.6 is 11.3 Å². The lowest BCUT2D eigenvalue weighted by atomic mass is 9.79. The first kappa shape index (κ1) is 11.9. The van der Waals surface area contributed by atoms with Crippen molar-refractivity contribution in [3.63, 3.8) is 0 Å². The van der Waals surface area contributed by atoms with Crippen molar-refractivity contribution < 1.29 is 4.79 Å². The van der Waals surface area contributed by atoms with Crippen LogP contribution in [0.1, 0.15) is 28.9 Å². The van der Waals surface area contributed by atoms with Crippen LogP contribution in [0.3, 0.4) is 0 Å². The Morgan fingerprint density at radius 3 is 3.11 bits per heavy atom. The van der Waals surface area contributed by atoms with Crippen LogP contribution in [0.2, 0.25) is 0 Å². The van der Waals surface area contributed by atoms with Crippen molar-refractivity contribution in [1.29, 1.82) is 0 Å². The molecule has 5 nitrogen and oxygen atoms in total. The highest BCUT2D eigenvalue weighted by Gasteiger charge is 2.39. The molecule has 2 fully saturated rings. The maximum absolute atomic E-state index is 12.4. The van der Waals surface area contributed by atoms with Crippen LogP contribution in [0.4, 0.5) is 5.13 Å². The summed E-state index contributed by atoms with van der Waals surface area (Å²) < 4.78 is 0. The number of anilines is 1. The van der Waals surface area contributed by atoms with Crippen molar-refractivity contribution in [3.8, 4) is 0 Å². The molecule has 6 heteroatoms. The zero-order chi connectivity index (χ0) is 12.6. The van der Waals surface area contributed by atoms with Gasteiger partial charge in [0.15, 0.2) is 5.13 Å². The molecule has 1 aromatic rings. The van der Waals surface area contributed by atoms with Crippen molar-refractivity contribution in [2.45, 2.75) is 19.3 Å². The maximum Gasteiger partial charge on any atom is 0.265 e. The van der Waals surface area contributed by atoms with E-state index in [0.29, 0.717) is 15.4 Å². The number of carbonyl (C=O) groups is 1. The van der Waals surface area contributed by atoms with E-state index in [2.05, 4.69) is 10.3 Å². The van der Waals surface area contributed by atoms with Crippen molar-refractivity contribution in [3.05, 3.63) is 11.1 Å². The molecule has 3 N–H and O–H groups in total. The molecule has 18 heavy (non-hydrogen) atoms. The first-order valence-electron chi connectivity index (χ1n) is 6.40. The van der Waals surface area contributed by atoms with Gasteiger partial charge in [-0.3, -0.25) is 4.79 Å². The number of nitrogens with one attached hydrogen (secondary N) is 1. The number of thiazole rings is 1. The number of amides is 1. The van der Waals surface area contributed by atoms with Gasteiger partial charge in [-0.2, -0.15) is 0 Å². The topological polar surface area (TPSA) is 71.2 Å². The van der Waals surface area contributed by atoms with E-state index >= 15 is 0 Å². The molecule has 3 heterocycles. The molecule has 0 saturated carbocycles. The smallest absolute Gasteiger partial charge is 0.265 e. The molecule has 1 amide bonds. The molecule has 98 valence electrons. The quantitative estimate of drug-likeness (QED) is 0.793. The van der Waals surface area contributed by atoms with Gasteiger partial charge in [0.25, 0.3) is 5.91 Å². The molecule has 1 atom stereocenters. The lowest BCUT2D eigenvalue weighted by molar-refractivity contribution is 0.0558. The number of aromatic nitrogens is 1. The standard InChI is InChI=1S/C12H18N4OS/c13-11-15-6-9(18-11)10(17)16-5-1-2-12(8-16)3-4-14-7-12/h6,14H,1-5,7-8H2,(H2,13,15). The maximum atomic E-state index is 12.4. The Labute approximate surface area is 110 Å². The van der Waals surface area contributed by atoms with E-state index in [1.54, 1.807) is 6.20 Å². The molecular formula is C12H18N4OS. The fraction of sp³-hybridized carbons (Fsp3) is 0.667. The normalized spacial score (nSPS) is 27.9. The Morgan fingerprint density at radius 1 is 1.56 bits per heavy atom. The van der Waals surface area contributed by atoms with Gasteiger partial charge in [-0.25, -0.2) is 4.98 Å². The van der Waals surface area contributed by atoms with Crippen LogP contribution in [-0.4, -0.2) is 42.0 Å². The van der Waals surface area contributed by atoms with E-state index < -0.39 is 0 Å². The predicted molar refractivity (Wildman–Crippen MR) is 71.6 cm³/mol. The van der Waals surface area contributed by atoms with Crippen LogP contribution in [0.15, 0.2) is 6.20 Å². The van der Waals surface area contributed by atoms with E-state index in [4.69, 9.17) is 5.73 Å². The van der Waals surface area contributed by atoms with Gasteiger partial charge in [-0.05, 0) is 25.8 Å². The third kappa shape index (κ3) is 2.10. The highest BCUT2D eigenvalue weighted by atomic mass is 32.1. The summed E-state index contributed by atoms with van der Waals surface area (Å²) in [5.74, 6) is 0.0928. The number of hydrogen-bond donors (Lipinski definition) is 2. The van der Waals surface area contributed by atoms with Gasteiger partial charge in [0, 0.05) is 25.0 Å². The number of carbonyl (C=O) groups excluding carboxylic acids is 1. The number of nitrogens with two attached hydrogens (primary N) is 1. The zero-order valence-corrected chi connectivity index (χ0v) is 11.1. The van der Waals surface area contributed by atoms with Crippen molar-refractivity contribution >= 4 is 22.4 Å². The van der Waals surface area contributed by atoms with Crippen molar-refractivity contribution in [1.82, 2.24) is 15.2 Å². The summed E-state index contributed by atoms with van der Waals surface area (Å²) in [4.78, 5) is 19.0. The molecule has 0 aliphatic carbocycles. The fourth-order valence-corrected chi connectivity index (χ4v) is 3.72. The zero-order valence-electron chi connectivity index (χ0n) is 10.3. The Hall–Kier alpha value is -1.14. The molecule has 3 rings (SSSR count). The SMILES string of the molecule is Nc1ncc(C(=O)N2CCCC3(CCNC3)C2)s1. The minimum atomic E-state index is 0.0928. The lowest BCUT2D eigenvalue weighted by Gasteiger charge is -2.39. The number of nitrogens with zero attached hydrogens (tertiary/aromatic N) is 2. The number of likely N-dealkylation sites (tertiary alicyclic amines) is 1. The molecule has 2 aliphatic heterocycles. The van der Waals surface area contributed by atoms with Gasteiger partial charge in [0.1, 0.15) is 4.88 Å². The van der Waals surface area contributed by atoms with Crippen molar-refractivity contribution in [2.24, 2.45) is 5.41 Å². The fourth-order valence-electron chi connectivity index (χ4n) is 3.07. The average Bonchev–Trinajstić information content (AvgIpc) is 2.98. The highest BCUT2D eigenvalue weighted by Crippen LogP contribution is 2.36. The van der Waals surface area contributed by atoms with Crippen molar-refractivity contribution in [2.75, 3.05) is 31.9 Å². The molecular weight excluding hydrogens is 248 g/mol. The summed E-state index contributed by atoms with van der Waals surface area (Å²) in [6, 6.07) is 0. The average molecular weight is 266 g/mol. The minimum Gasteiger partial charge on any atom is -0.375 e. The van der Waals surface area contributed by atoms with Crippen LogP contribution in [0.25, 0.3) is 0 Å². The van der Waals surface area contributed by atoms with E-state index in [0.717, 1.165) is 32.6 Å². The summed E-state index contributed by atoms with van der Waals surface area (Å²) in [6.45, 7) is 3.85. The largest absolute Gasteiger partial charge is 0.375 e. The Bertz CT molecular complexity index is 453. The molecule has 0 aromatic carbocycles. The van der Waals surface area contributed by atoms with E-state index in [9.17, 15) is 4.79 Å². The van der Waals surface area contributed by atoms with Crippen LogP contribution in [0.5, 0.6) is 0 Å². The third-order valence-electron chi connectivity index (χ3n) is 4.02. The summed E-state index contributed by atoms with van der Waals surface area (Å²) in [6.07, 6.45) is 5.11. The molecule has 1 unspecified atom stereocenters. The number of piperidine rings is 1. The van der Waals surface area contributed by atoms with E-state index in [1.807, 2.05) is 4.90 Å². The van der Waals surface area contributed by atoms with Crippen LogP contribution in [0, 0.1) is 5.41 Å². The molecule has 0 bridgehead atoms. The Kier molecular flexibility index (Phi) is 2.99. The van der Waals surface area contributed by atoms with Crippen LogP contribution < -0.4 is 11.1 Å². The number of hydrogen-bond acceptors (Lipinski definition) is 5. The lowest BCUT2D eigenvalue weighted by Crippen LogP contribution is -2.46. The second-order valence-electron chi connectivity index (χ2n) is 5.32. The van der Waals surface area contributed by atoms with E-state index in [-0.39, 0.29) is 5.91 Å². The van der Waals surface area contributed by atoms with Gasteiger partial charge in [0.05, 0.1) is 6.20 Å². The van der Waals surface area contributed by atoms with E-state index in [1.165, 1.54) is 24.2 Å². The summed E-state index contributed by atoms with van der Waals surface area (Å²) in [5, 5.41) is 3.88. The van der Waals surface area contributed by atoms with Gasteiger partial charge in [-0.1, -0.05) is 11.3 Å². The molecule has 1 aromatic heterocycles. The summed E-state index contributed by atoms with van der Waals surface area (Å²) >= 11 is 1.28. The molecule has 2 aliphatic rings. The second-order valence-corrected chi connectivity index (χ2v) is 6.38. The van der Waals surface area contributed by atoms with Gasteiger partial charge in [0.2, 0.25) is 0 Å². The Balaban J connectivity index is 1.74. The second kappa shape index (κ2) is 4.51. The molecule has 0 radical (unpaired) electrons. The monoisotopic (exact) mass is 266 g/mol. The van der Waals surface area contributed by atoms with Gasteiger partial charge >= 0.3 is 0 Å². The number of nitrogen functional groups attached to an aromatic ring is 1. The number of rotatable bonds is 1. The first-order chi connectivity index (χ1) is 8.69. The third-order valence-corrected chi connectivity index (χ3v) is 4.83. The summed E-state index contributed by atoms with van der Waals surface area (Å²) in [5.41, 5.74) is 5.90. The minimum absolute atomic E-state index is 0.0928. The molecule has 2 saturated heterocycles. The predicted octanol–water partition coefficient (Wildman–Crippen LogP) is 0.941. The summed E-state index contributed by atoms with van der Waals surface area (Å²) in [7, 11) is 0. The Morgan fingerprint density at radius 2 is 2.44 bits per heavy atom. The van der Waals surface area contributed by atoms with Crippen LogP contribution in [-0.2, 0) is 0 Å².